The minimum Gasteiger partial charge on any atom is -0.485 e. The van der Waals surface area contributed by atoms with Crippen molar-refractivity contribution in [3.63, 3.8) is 0 Å². The van der Waals surface area contributed by atoms with Gasteiger partial charge >= 0.3 is 0 Å². The standard InChI is InChI=1S/C18H24N4O2/c1-3-21-14-15(24-17-8-5-4-7-16(17)21)13-20(2)18(23)9-12-22-11-6-10-19-22/h4-8,10-11,15H,3,9,12-14H2,1-2H3/t15-/m1/s1. The molecule has 2 aromatic rings. The van der Waals surface area contributed by atoms with Gasteiger partial charge in [-0.25, -0.2) is 0 Å². The summed E-state index contributed by atoms with van der Waals surface area (Å²) in [5.41, 5.74) is 1.13. The lowest BCUT2D eigenvalue weighted by molar-refractivity contribution is -0.131. The van der Waals surface area contributed by atoms with Crippen molar-refractivity contribution in [1.29, 1.82) is 0 Å². The number of nitrogens with zero attached hydrogens (tertiary/aromatic N) is 4. The van der Waals surface area contributed by atoms with E-state index >= 15 is 0 Å². The molecule has 24 heavy (non-hydrogen) atoms. The summed E-state index contributed by atoms with van der Waals surface area (Å²) in [4.78, 5) is 16.4. The van der Waals surface area contributed by atoms with Gasteiger partial charge in [-0.05, 0) is 25.1 Å². The summed E-state index contributed by atoms with van der Waals surface area (Å²) in [5, 5.41) is 4.12. The van der Waals surface area contributed by atoms with Crippen LogP contribution in [0.2, 0.25) is 0 Å². The van der Waals surface area contributed by atoms with Crippen molar-refractivity contribution in [3.05, 3.63) is 42.7 Å². The molecule has 0 N–H and O–H groups in total. The lowest BCUT2D eigenvalue weighted by atomic mass is 10.1. The Bertz CT molecular complexity index is 671. The van der Waals surface area contributed by atoms with E-state index in [1.54, 1.807) is 15.8 Å². The minimum absolute atomic E-state index is 0.0153. The molecular weight excluding hydrogens is 304 g/mol. The third kappa shape index (κ3) is 3.69. The second-order valence-electron chi connectivity index (χ2n) is 6.04. The van der Waals surface area contributed by atoms with E-state index in [2.05, 4.69) is 23.0 Å². The van der Waals surface area contributed by atoms with Crippen LogP contribution in [0.5, 0.6) is 5.75 Å². The predicted molar refractivity (Wildman–Crippen MR) is 93.2 cm³/mol. The highest BCUT2D eigenvalue weighted by Gasteiger charge is 2.26. The van der Waals surface area contributed by atoms with E-state index in [1.807, 2.05) is 37.5 Å². The summed E-state index contributed by atoms with van der Waals surface area (Å²) in [6.45, 7) is 5.05. The number of carbonyl (C=O) groups excluding carboxylic acids is 1. The number of amides is 1. The van der Waals surface area contributed by atoms with Gasteiger partial charge in [0.25, 0.3) is 0 Å². The molecule has 0 unspecified atom stereocenters. The first-order chi connectivity index (χ1) is 11.7. The van der Waals surface area contributed by atoms with Crippen molar-refractivity contribution in [2.24, 2.45) is 0 Å². The van der Waals surface area contributed by atoms with Crippen LogP contribution < -0.4 is 9.64 Å². The van der Waals surface area contributed by atoms with Gasteiger partial charge in [0.2, 0.25) is 5.91 Å². The Morgan fingerprint density at radius 1 is 1.38 bits per heavy atom. The van der Waals surface area contributed by atoms with Gasteiger partial charge in [0.1, 0.15) is 11.9 Å². The Labute approximate surface area is 142 Å². The first-order valence-electron chi connectivity index (χ1n) is 8.39. The summed E-state index contributed by atoms with van der Waals surface area (Å²) in [6, 6.07) is 9.93. The van der Waals surface area contributed by atoms with Gasteiger partial charge in [0.15, 0.2) is 0 Å². The molecule has 1 aliphatic rings. The second kappa shape index (κ2) is 7.38. The van der Waals surface area contributed by atoms with Crippen LogP contribution in [0.1, 0.15) is 13.3 Å². The highest BCUT2D eigenvalue weighted by Crippen LogP contribution is 2.32. The largest absolute Gasteiger partial charge is 0.485 e. The fourth-order valence-electron chi connectivity index (χ4n) is 3.01. The first kappa shape index (κ1) is 16.4. The Kier molecular flexibility index (Phi) is 5.03. The van der Waals surface area contributed by atoms with E-state index in [-0.39, 0.29) is 12.0 Å². The van der Waals surface area contributed by atoms with Gasteiger partial charge in [-0.1, -0.05) is 12.1 Å². The average molecular weight is 328 g/mol. The molecule has 3 rings (SSSR count). The summed E-state index contributed by atoms with van der Waals surface area (Å²) >= 11 is 0. The van der Waals surface area contributed by atoms with Crippen LogP contribution in [-0.4, -0.2) is 53.4 Å². The Balaban J connectivity index is 1.56. The van der Waals surface area contributed by atoms with Gasteiger partial charge in [-0.2, -0.15) is 5.10 Å². The molecular formula is C18H24N4O2. The lowest BCUT2D eigenvalue weighted by Crippen LogP contribution is -2.46. The number of fused-ring (bicyclic) bond motifs is 1. The topological polar surface area (TPSA) is 50.6 Å². The lowest BCUT2D eigenvalue weighted by Gasteiger charge is -2.37. The number of likely N-dealkylation sites (N-methyl/N-ethyl adjacent to an activating group) is 2. The third-order valence-electron chi connectivity index (χ3n) is 4.32. The van der Waals surface area contributed by atoms with Crippen LogP contribution in [0, 0.1) is 0 Å². The number of hydrogen-bond donors (Lipinski definition) is 0. The number of aromatic nitrogens is 2. The molecule has 0 fully saturated rings. The van der Waals surface area contributed by atoms with Crippen molar-refractivity contribution >= 4 is 11.6 Å². The summed E-state index contributed by atoms with van der Waals surface area (Å²) in [5.74, 6) is 1.00. The molecule has 2 heterocycles. The zero-order valence-corrected chi connectivity index (χ0v) is 14.3. The van der Waals surface area contributed by atoms with E-state index in [1.165, 1.54) is 0 Å². The maximum Gasteiger partial charge on any atom is 0.224 e. The van der Waals surface area contributed by atoms with Crippen LogP contribution in [0.25, 0.3) is 0 Å². The highest BCUT2D eigenvalue weighted by molar-refractivity contribution is 5.75. The van der Waals surface area contributed by atoms with Crippen LogP contribution in [-0.2, 0) is 11.3 Å². The molecule has 0 radical (unpaired) electrons. The van der Waals surface area contributed by atoms with Crippen molar-refractivity contribution < 1.29 is 9.53 Å². The van der Waals surface area contributed by atoms with Crippen LogP contribution in [0.4, 0.5) is 5.69 Å². The van der Waals surface area contributed by atoms with Gasteiger partial charge < -0.3 is 14.5 Å². The van der Waals surface area contributed by atoms with E-state index in [0.717, 1.165) is 24.5 Å². The van der Waals surface area contributed by atoms with Crippen LogP contribution in [0.3, 0.4) is 0 Å². The molecule has 6 nitrogen and oxygen atoms in total. The molecule has 0 bridgehead atoms. The summed E-state index contributed by atoms with van der Waals surface area (Å²) in [6.07, 6.45) is 4.02. The molecule has 0 saturated carbocycles. The molecule has 0 spiro atoms. The molecule has 6 heteroatoms. The fourth-order valence-corrected chi connectivity index (χ4v) is 3.01. The fraction of sp³-hybridized carbons (Fsp3) is 0.444. The summed E-state index contributed by atoms with van der Waals surface area (Å²) in [7, 11) is 1.84. The van der Waals surface area contributed by atoms with Gasteiger partial charge in [-0.15, -0.1) is 0 Å². The number of rotatable bonds is 6. The van der Waals surface area contributed by atoms with Gasteiger partial charge in [0.05, 0.1) is 18.8 Å². The molecule has 0 saturated heterocycles. The number of ether oxygens (including phenoxy) is 1. The summed E-state index contributed by atoms with van der Waals surface area (Å²) < 4.78 is 7.86. The predicted octanol–water partition coefficient (Wildman–Crippen LogP) is 2.02. The second-order valence-corrected chi connectivity index (χ2v) is 6.04. The zero-order valence-electron chi connectivity index (χ0n) is 14.3. The van der Waals surface area contributed by atoms with Crippen LogP contribution in [0.15, 0.2) is 42.7 Å². The highest BCUT2D eigenvalue weighted by atomic mass is 16.5. The third-order valence-corrected chi connectivity index (χ3v) is 4.32. The number of para-hydroxylation sites is 2. The maximum absolute atomic E-state index is 12.3. The van der Waals surface area contributed by atoms with E-state index in [4.69, 9.17) is 4.74 Å². The Morgan fingerprint density at radius 3 is 2.96 bits per heavy atom. The van der Waals surface area contributed by atoms with E-state index in [9.17, 15) is 4.79 Å². The number of carbonyl (C=O) groups is 1. The van der Waals surface area contributed by atoms with E-state index < -0.39 is 0 Å². The normalized spacial score (nSPS) is 16.4. The molecule has 1 aromatic carbocycles. The van der Waals surface area contributed by atoms with Crippen molar-refractivity contribution in [2.75, 3.05) is 31.6 Å². The maximum atomic E-state index is 12.3. The number of anilines is 1. The Morgan fingerprint density at radius 2 is 2.21 bits per heavy atom. The van der Waals surface area contributed by atoms with Crippen molar-refractivity contribution in [1.82, 2.24) is 14.7 Å². The number of hydrogen-bond acceptors (Lipinski definition) is 4. The quantitative estimate of drug-likeness (QED) is 0.814. The molecule has 1 atom stereocenters. The van der Waals surface area contributed by atoms with Gasteiger partial charge in [-0.3, -0.25) is 9.48 Å². The number of benzene rings is 1. The molecule has 1 aliphatic heterocycles. The Hall–Kier alpha value is -2.50. The smallest absolute Gasteiger partial charge is 0.224 e. The number of aryl methyl sites for hydroxylation is 1. The van der Waals surface area contributed by atoms with E-state index in [0.29, 0.717) is 19.5 Å². The first-order valence-corrected chi connectivity index (χ1v) is 8.39. The van der Waals surface area contributed by atoms with Crippen molar-refractivity contribution in [2.45, 2.75) is 26.0 Å². The van der Waals surface area contributed by atoms with Crippen molar-refractivity contribution in [3.8, 4) is 5.75 Å². The molecule has 0 aliphatic carbocycles. The molecule has 1 amide bonds. The average Bonchev–Trinajstić information content (AvgIpc) is 3.12. The zero-order chi connectivity index (χ0) is 16.9. The van der Waals surface area contributed by atoms with Crippen LogP contribution >= 0.6 is 0 Å². The molecule has 1 aromatic heterocycles. The minimum atomic E-state index is -0.0153. The SMILES string of the molecule is CCN1C[C@@H](CN(C)C(=O)CCn2cccn2)Oc2ccccc21. The van der Waals surface area contributed by atoms with Gasteiger partial charge in [0, 0.05) is 39.0 Å². The molecule has 128 valence electrons. The monoisotopic (exact) mass is 328 g/mol.